The number of fused-ring (bicyclic) bond motifs is 1. The minimum Gasteiger partial charge on any atom is -0.329 e. The van der Waals surface area contributed by atoms with Gasteiger partial charge in [-0.25, -0.2) is 0 Å². The molecule has 1 aromatic carbocycles. The third-order valence-electron chi connectivity index (χ3n) is 4.06. The zero-order chi connectivity index (χ0) is 13.2. The smallest absolute Gasteiger partial charge is 0.0470 e. The molecule has 2 unspecified atom stereocenters. The molecule has 0 fully saturated rings. The highest BCUT2D eigenvalue weighted by Crippen LogP contribution is 2.37. The van der Waals surface area contributed by atoms with Gasteiger partial charge in [0.2, 0.25) is 0 Å². The van der Waals surface area contributed by atoms with E-state index >= 15 is 0 Å². The number of hydrogen-bond donors (Lipinski definition) is 1. The van der Waals surface area contributed by atoms with E-state index in [-0.39, 0.29) is 0 Å². The quantitative estimate of drug-likeness (QED) is 0.891. The van der Waals surface area contributed by atoms with Crippen LogP contribution in [0.2, 0.25) is 0 Å². The largest absolute Gasteiger partial charge is 0.329 e. The molecule has 0 spiro atoms. The van der Waals surface area contributed by atoms with Crippen molar-refractivity contribution in [2.45, 2.75) is 12.0 Å². The second-order valence-corrected chi connectivity index (χ2v) is 5.15. The predicted molar refractivity (Wildman–Crippen MR) is 76.9 cm³/mol. The van der Waals surface area contributed by atoms with Gasteiger partial charge in [0.25, 0.3) is 0 Å². The van der Waals surface area contributed by atoms with Crippen molar-refractivity contribution in [1.29, 1.82) is 0 Å². The first-order valence-electron chi connectivity index (χ1n) is 6.70. The third kappa shape index (κ3) is 2.15. The molecule has 2 aromatic rings. The number of hydrogen-bond acceptors (Lipinski definition) is 3. The Bertz CT molecular complexity index is 553. The van der Waals surface area contributed by atoms with Gasteiger partial charge in [-0.1, -0.05) is 24.3 Å². The lowest BCUT2D eigenvalue weighted by Crippen LogP contribution is -2.39. The Kier molecular flexibility index (Phi) is 3.32. The van der Waals surface area contributed by atoms with Crippen LogP contribution >= 0.6 is 0 Å². The topological polar surface area (TPSA) is 42.2 Å². The SMILES string of the molecule is CN1CC(c2ccncc2)c2ccccc2C1CN. The van der Waals surface area contributed by atoms with Crippen LogP contribution in [0.15, 0.2) is 48.8 Å². The molecule has 0 radical (unpaired) electrons. The van der Waals surface area contributed by atoms with E-state index in [0.717, 1.165) is 6.54 Å². The minimum atomic E-state index is 0.328. The standard InChI is InChI=1S/C16H19N3/c1-19-11-15(12-6-8-18-9-7-12)13-4-2-3-5-14(13)16(19)10-17/h2-9,15-16H,10-11,17H2,1H3. The molecular weight excluding hydrogens is 234 g/mol. The van der Waals surface area contributed by atoms with E-state index in [9.17, 15) is 0 Å². The van der Waals surface area contributed by atoms with E-state index < -0.39 is 0 Å². The first-order valence-corrected chi connectivity index (χ1v) is 6.70. The Hall–Kier alpha value is -1.71. The molecule has 3 rings (SSSR count). The highest BCUT2D eigenvalue weighted by molar-refractivity contribution is 5.41. The summed E-state index contributed by atoms with van der Waals surface area (Å²) in [5.74, 6) is 0.409. The molecule has 0 saturated heterocycles. The maximum Gasteiger partial charge on any atom is 0.0470 e. The fraction of sp³-hybridized carbons (Fsp3) is 0.312. The Labute approximate surface area is 114 Å². The van der Waals surface area contributed by atoms with Gasteiger partial charge in [0.05, 0.1) is 0 Å². The van der Waals surface area contributed by atoms with Gasteiger partial charge >= 0.3 is 0 Å². The Morgan fingerprint density at radius 1 is 1.16 bits per heavy atom. The highest BCUT2D eigenvalue weighted by atomic mass is 15.1. The second kappa shape index (κ2) is 5.11. The molecule has 0 bridgehead atoms. The van der Waals surface area contributed by atoms with Crippen LogP contribution < -0.4 is 5.73 Å². The first-order chi connectivity index (χ1) is 9.31. The Balaban J connectivity index is 2.08. The molecular formula is C16H19N3. The molecule has 19 heavy (non-hydrogen) atoms. The number of benzene rings is 1. The molecule has 2 N–H and O–H groups in total. The lowest BCUT2D eigenvalue weighted by molar-refractivity contribution is 0.223. The molecule has 3 heteroatoms. The maximum absolute atomic E-state index is 5.94. The monoisotopic (exact) mass is 253 g/mol. The number of nitrogens with two attached hydrogens (primary N) is 1. The lowest BCUT2D eigenvalue weighted by atomic mass is 9.82. The summed E-state index contributed by atoms with van der Waals surface area (Å²) in [7, 11) is 2.15. The maximum atomic E-state index is 5.94. The fourth-order valence-electron chi connectivity index (χ4n) is 3.07. The molecule has 2 atom stereocenters. The summed E-state index contributed by atoms with van der Waals surface area (Å²) in [4.78, 5) is 6.47. The molecule has 1 aliphatic heterocycles. The van der Waals surface area contributed by atoms with Crippen molar-refractivity contribution in [3.05, 3.63) is 65.5 Å². The van der Waals surface area contributed by atoms with Crippen molar-refractivity contribution in [2.75, 3.05) is 20.1 Å². The third-order valence-corrected chi connectivity index (χ3v) is 4.06. The summed E-state index contributed by atoms with van der Waals surface area (Å²) in [5, 5.41) is 0. The molecule has 2 heterocycles. The molecule has 3 nitrogen and oxygen atoms in total. The van der Waals surface area contributed by atoms with Crippen molar-refractivity contribution in [3.63, 3.8) is 0 Å². The molecule has 1 aliphatic rings. The normalized spacial score (nSPS) is 23.1. The van der Waals surface area contributed by atoms with Gasteiger partial charge in [0.15, 0.2) is 0 Å². The van der Waals surface area contributed by atoms with Gasteiger partial charge in [-0.2, -0.15) is 0 Å². The van der Waals surface area contributed by atoms with Crippen LogP contribution in [0.5, 0.6) is 0 Å². The second-order valence-electron chi connectivity index (χ2n) is 5.15. The number of rotatable bonds is 2. The fourth-order valence-corrected chi connectivity index (χ4v) is 3.07. The average molecular weight is 253 g/mol. The van der Waals surface area contributed by atoms with Gasteiger partial charge in [-0.3, -0.25) is 9.88 Å². The zero-order valence-electron chi connectivity index (χ0n) is 11.2. The molecule has 0 amide bonds. The van der Waals surface area contributed by atoms with Crippen molar-refractivity contribution >= 4 is 0 Å². The van der Waals surface area contributed by atoms with E-state index in [0.29, 0.717) is 18.5 Å². The van der Waals surface area contributed by atoms with Crippen molar-refractivity contribution in [1.82, 2.24) is 9.88 Å². The van der Waals surface area contributed by atoms with Gasteiger partial charge in [-0.05, 0) is 35.9 Å². The van der Waals surface area contributed by atoms with Crippen LogP contribution in [-0.4, -0.2) is 30.0 Å². The molecule has 0 aliphatic carbocycles. The van der Waals surface area contributed by atoms with E-state index in [2.05, 4.69) is 53.3 Å². The average Bonchev–Trinajstić information content (AvgIpc) is 2.47. The van der Waals surface area contributed by atoms with Gasteiger partial charge in [-0.15, -0.1) is 0 Å². The van der Waals surface area contributed by atoms with E-state index in [4.69, 9.17) is 5.73 Å². The Morgan fingerprint density at radius 3 is 2.53 bits per heavy atom. The summed E-state index contributed by atoms with van der Waals surface area (Å²) >= 11 is 0. The molecule has 98 valence electrons. The summed E-state index contributed by atoms with van der Waals surface area (Å²) in [6.07, 6.45) is 3.74. The van der Waals surface area contributed by atoms with Crippen LogP contribution in [0.1, 0.15) is 28.7 Å². The lowest BCUT2D eigenvalue weighted by Gasteiger charge is -2.38. The van der Waals surface area contributed by atoms with Crippen molar-refractivity contribution in [2.24, 2.45) is 5.73 Å². The van der Waals surface area contributed by atoms with Gasteiger partial charge in [0, 0.05) is 37.4 Å². The van der Waals surface area contributed by atoms with Gasteiger partial charge in [0.1, 0.15) is 0 Å². The number of aromatic nitrogens is 1. The van der Waals surface area contributed by atoms with Gasteiger partial charge < -0.3 is 5.73 Å². The minimum absolute atomic E-state index is 0.328. The van der Waals surface area contributed by atoms with Crippen LogP contribution in [0, 0.1) is 0 Å². The summed E-state index contributed by atoms with van der Waals surface area (Å²) < 4.78 is 0. The molecule has 1 aromatic heterocycles. The Morgan fingerprint density at radius 2 is 1.84 bits per heavy atom. The van der Waals surface area contributed by atoms with Crippen LogP contribution in [0.4, 0.5) is 0 Å². The van der Waals surface area contributed by atoms with E-state index in [1.54, 1.807) is 0 Å². The summed E-state index contributed by atoms with van der Waals surface area (Å²) in [6.45, 7) is 1.67. The number of nitrogens with zero attached hydrogens (tertiary/aromatic N) is 2. The predicted octanol–water partition coefficient (Wildman–Crippen LogP) is 2.16. The number of pyridine rings is 1. The van der Waals surface area contributed by atoms with E-state index in [1.807, 2.05) is 12.4 Å². The van der Waals surface area contributed by atoms with Crippen LogP contribution in [0.3, 0.4) is 0 Å². The number of likely N-dealkylation sites (N-methyl/N-ethyl adjacent to an activating group) is 1. The van der Waals surface area contributed by atoms with Crippen LogP contribution in [-0.2, 0) is 0 Å². The van der Waals surface area contributed by atoms with Crippen molar-refractivity contribution < 1.29 is 0 Å². The molecule has 0 saturated carbocycles. The van der Waals surface area contributed by atoms with Crippen molar-refractivity contribution in [3.8, 4) is 0 Å². The summed E-state index contributed by atoms with van der Waals surface area (Å²) in [5.41, 5.74) is 10.0. The van der Waals surface area contributed by atoms with Crippen LogP contribution in [0.25, 0.3) is 0 Å². The first kappa shape index (κ1) is 12.3. The summed E-state index contributed by atoms with van der Waals surface area (Å²) in [6, 6.07) is 13.2. The van der Waals surface area contributed by atoms with E-state index in [1.165, 1.54) is 16.7 Å². The highest BCUT2D eigenvalue weighted by Gasteiger charge is 2.30. The zero-order valence-corrected chi connectivity index (χ0v) is 11.2.